The number of hydrogen-bond acceptors (Lipinski definition) is 3. The normalized spacial score (nSPS) is 25.3. The predicted molar refractivity (Wildman–Crippen MR) is 69.3 cm³/mol. The van der Waals surface area contributed by atoms with Gasteiger partial charge in [0.2, 0.25) is 5.91 Å². The molecule has 1 amide bonds. The van der Waals surface area contributed by atoms with Gasteiger partial charge in [-0.3, -0.25) is 4.79 Å². The van der Waals surface area contributed by atoms with Gasteiger partial charge in [0.05, 0.1) is 19.1 Å². The van der Waals surface area contributed by atoms with Crippen LogP contribution >= 0.6 is 0 Å². The number of nitrogens with zero attached hydrogens (tertiary/aromatic N) is 1. The maximum atomic E-state index is 12.3. The minimum Gasteiger partial charge on any atom is -0.395 e. The van der Waals surface area contributed by atoms with E-state index < -0.39 is 0 Å². The lowest BCUT2D eigenvalue weighted by Crippen LogP contribution is -2.42. The van der Waals surface area contributed by atoms with Gasteiger partial charge in [-0.25, -0.2) is 0 Å². The van der Waals surface area contributed by atoms with E-state index >= 15 is 0 Å². The SMILES string of the molecule is O=C(CC1CCCCO1)N(CCO)C1CCCC1. The Hall–Kier alpha value is -0.610. The van der Waals surface area contributed by atoms with Crippen LogP contribution < -0.4 is 0 Å². The number of aliphatic hydroxyl groups is 1. The molecule has 0 spiro atoms. The third kappa shape index (κ3) is 3.69. The standard InChI is InChI=1S/C14H25NO3/c16-9-8-15(12-5-1-2-6-12)14(17)11-13-7-3-4-10-18-13/h12-13,16H,1-11H2. The minimum absolute atomic E-state index is 0.0633. The second-order valence-corrected chi connectivity index (χ2v) is 5.44. The fraction of sp³-hybridized carbons (Fsp3) is 0.929. The van der Waals surface area contributed by atoms with Gasteiger partial charge in [-0.05, 0) is 32.1 Å². The first-order valence-electron chi connectivity index (χ1n) is 7.33. The Labute approximate surface area is 109 Å². The fourth-order valence-corrected chi connectivity index (χ4v) is 3.11. The molecule has 0 aromatic carbocycles. The molecule has 2 fully saturated rings. The summed E-state index contributed by atoms with van der Waals surface area (Å²) in [5, 5.41) is 9.13. The van der Waals surface area contributed by atoms with Crippen molar-refractivity contribution in [1.82, 2.24) is 4.90 Å². The van der Waals surface area contributed by atoms with Crippen LogP contribution in [0.3, 0.4) is 0 Å². The molecule has 0 radical (unpaired) electrons. The Morgan fingerprint density at radius 3 is 2.50 bits per heavy atom. The third-order valence-corrected chi connectivity index (χ3v) is 4.10. The number of carbonyl (C=O) groups excluding carboxylic acids is 1. The van der Waals surface area contributed by atoms with E-state index in [4.69, 9.17) is 9.84 Å². The average Bonchev–Trinajstić information content (AvgIpc) is 2.90. The average molecular weight is 255 g/mol. The summed E-state index contributed by atoms with van der Waals surface area (Å²) in [5.41, 5.74) is 0. The van der Waals surface area contributed by atoms with E-state index in [-0.39, 0.29) is 18.6 Å². The van der Waals surface area contributed by atoms with Gasteiger partial charge in [-0.2, -0.15) is 0 Å². The van der Waals surface area contributed by atoms with Crippen LogP contribution in [-0.2, 0) is 9.53 Å². The number of amides is 1. The molecule has 1 aliphatic heterocycles. The van der Waals surface area contributed by atoms with E-state index in [1.54, 1.807) is 0 Å². The summed E-state index contributed by atoms with van der Waals surface area (Å²) in [4.78, 5) is 14.2. The first-order valence-corrected chi connectivity index (χ1v) is 7.33. The Morgan fingerprint density at radius 2 is 1.89 bits per heavy atom. The monoisotopic (exact) mass is 255 g/mol. The van der Waals surface area contributed by atoms with Crippen LogP contribution in [-0.4, -0.2) is 47.8 Å². The molecule has 4 nitrogen and oxygen atoms in total. The van der Waals surface area contributed by atoms with Crippen molar-refractivity contribution in [2.24, 2.45) is 0 Å². The molecular weight excluding hydrogens is 230 g/mol. The molecule has 0 aromatic rings. The first-order chi connectivity index (χ1) is 8.81. The van der Waals surface area contributed by atoms with Gasteiger partial charge in [-0.1, -0.05) is 12.8 Å². The van der Waals surface area contributed by atoms with Crippen molar-refractivity contribution in [2.75, 3.05) is 19.8 Å². The highest BCUT2D eigenvalue weighted by atomic mass is 16.5. The summed E-state index contributed by atoms with van der Waals surface area (Å²) in [6.07, 6.45) is 8.50. The summed E-state index contributed by atoms with van der Waals surface area (Å²) in [7, 11) is 0. The first kappa shape index (κ1) is 13.8. The van der Waals surface area contributed by atoms with Crippen molar-refractivity contribution in [3.8, 4) is 0 Å². The molecule has 104 valence electrons. The fourth-order valence-electron chi connectivity index (χ4n) is 3.11. The largest absolute Gasteiger partial charge is 0.395 e. The lowest BCUT2D eigenvalue weighted by molar-refractivity contribution is -0.138. The summed E-state index contributed by atoms with van der Waals surface area (Å²) in [5.74, 6) is 0.169. The molecule has 0 aromatic heterocycles. The van der Waals surface area contributed by atoms with Crippen LogP contribution in [0.1, 0.15) is 51.4 Å². The zero-order chi connectivity index (χ0) is 12.8. The summed E-state index contributed by atoms with van der Waals surface area (Å²) in [6, 6.07) is 0.355. The summed E-state index contributed by atoms with van der Waals surface area (Å²) >= 11 is 0. The van der Waals surface area contributed by atoms with Crippen LogP contribution in [0.5, 0.6) is 0 Å². The van der Waals surface area contributed by atoms with Crippen molar-refractivity contribution >= 4 is 5.91 Å². The minimum atomic E-state index is 0.0633. The van der Waals surface area contributed by atoms with Gasteiger partial charge in [0.15, 0.2) is 0 Å². The van der Waals surface area contributed by atoms with Crippen LogP contribution in [0.4, 0.5) is 0 Å². The number of ether oxygens (including phenoxy) is 1. The van der Waals surface area contributed by atoms with E-state index in [0.29, 0.717) is 19.0 Å². The molecule has 1 unspecified atom stereocenters. The molecule has 4 heteroatoms. The Balaban J connectivity index is 1.85. The lowest BCUT2D eigenvalue weighted by Gasteiger charge is -2.31. The van der Waals surface area contributed by atoms with E-state index in [9.17, 15) is 4.79 Å². The molecule has 0 bridgehead atoms. The quantitative estimate of drug-likeness (QED) is 0.813. The van der Waals surface area contributed by atoms with Gasteiger partial charge in [0.25, 0.3) is 0 Å². The molecule has 1 N–H and O–H groups in total. The molecule has 2 rings (SSSR count). The molecule has 1 atom stereocenters. The smallest absolute Gasteiger partial charge is 0.225 e. The molecule has 1 heterocycles. The summed E-state index contributed by atoms with van der Waals surface area (Å²) in [6.45, 7) is 1.34. The molecule has 1 aliphatic carbocycles. The molecular formula is C14H25NO3. The Morgan fingerprint density at radius 1 is 1.17 bits per heavy atom. The number of rotatable bonds is 5. The van der Waals surface area contributed by atoms with Crippen LogP contribution in [0.2, 0.25) is 0 Å². The van der Waals surface area contributed by atoms with Crippen molar-refractivity contribution in [3.05, 3.63) is 0 Å². The number of hydrogen-bond donors (Lipinski definition) is 1. The van der Waals surface area contributed by atoms with Gasteiger partial charge in [-0.15, -0.1) is 0 Å². The highest BCUT2D eigenvalue weighted by molar-refractivity contribution is 5.77. The van der Waals surface area contributed by atoms with Crippen LogP contribution in [0.25, 0.3) is 0 Å². The second-order valence-electron chi connectivity index (χ2n) is 5.44. The maximum Gasteiger partial charge on any atom is 0.225 e. The Kier molecular flexibility index (Phi) is 5.45. The van der Waals surface area contributed by atoms with Gasteiger partial charge in [0, 0.05) is 19.2 Å². The highest BCUT2D eigenvalue weighted by Gasteiger charge is 2.28. The van der Waals surface area contributed by atoms with Crippen LogP contribution in [0.15, 0.2) is 0 Å². The topological polar surface area (TPSA) is 49.8 Å². The van der Waals surface area contributed by atoms with Gasteiger partial charge < -0.3 is 14.7 Å². The van der Waals surface area contributed by atoms with E-state index in [0.717, 1.165) is 32.3 Å². The van der Waals surface area contributed by atoms with Crippen molar-refractivity contribution < 1.29 is 14.6 Å². The van der Waals surface area contributed by atoms with E-state index in [1.807, 2.05) is 4.90 Å². The zero-order valence-electron chi connectivity index (χ0n) is 11.1. The van der Waals surface area contributed by atoms with Gasteiger partial charge in [0.1, 0.15) is 0 Å². The molecule has 18 heavy (non-hydrogen) atoms. The van der Waals surface area contributed by atoms with Crippen molar-refractivity contribution in [2.45, 2.75) is 63.5 Å². The molecule has 1 saturated carbocycles. The van der Waals surface area contributed by atoms with E-state index in [2.05, 4.69) is 0 Å². The second kappa shape index (κ2) is 7.10. The van der Waals surface area contributed by atoms with E-state index in [1.165, 1.54) is 19.3 Å². The Bertz CT molecular complexity index is 258. The molecule has 1 saturated heterocycles. The van der Waals surface area contributed by atoms with Crippen molar-refractivity contribution in [3.63, 3.8) is 0 Å². The lowest BCUT2D eigenvalue weighted by atomic mass is 10.0. The van der Waals surface area contributed by atoms with Crippen molar-refractivity contribution in [1.29, 1.82) is 0 Å². The van der Waals surface area contributed by atoms with Crippen LogP contribution in [0, 0.1) is 0 Å². The number of aliphatic hydroxyl groups excluding tert-OH is 1. The molecule has 2 aliphatic rings. The predicted octanol–water partition coefficient (Wildman–Crippen LogP) is 1.71. The zero-order valence-corrected chi connectivity index (χ0v) is 11.1. The maximum absolute atomic E-state index is 12.3. The van der Waals surface area contributed by atoms with Gasteiger partial charge >= 0.3 is 0 Å². The third-order valence-electron chi connectivity index (χ3n) is 4.10. The summed E-state index contributed by atoms with van der Waals surface area (Å²) < 4.78 is 5.63. The highest BCUT2D eigenvalue weighted by Crippen LogP contribution is 2.25. The number of carbonyl (C=O) groups is 1.